The van der Waals surface area contributed by atoms with Gasteiger partial charge in [-0.3, -0.25) is 4.55 Å². The summed E-state index contributed by atoms with van der Waals surface area (Å²) in [6, 6.07) is 0. The lowest BCUT2D eigenvalue weighted by Crippen LogP contribution is -2.28. The lowest BCUT2D eigenvalue weighted by molar-refractivity contribution is 0.485. The first-order chi connectivity index (χ1) is 7.77. The van der Waals surface area contributed by atoms with E-state index in [1.54, 1.807) is 0 Å². The van der Waals surface area contributed by atoms with Crippen LogP contribution >= 0.6 is 0 Å². The summed E-state index contributed by atoms with van der Waals surface area (Å²) in [5.74, 6) is 0. The maximum Gasteiger partial charge on any atom is 0.373 e. The van der Waals surface area contributed by atoms with Gasteiger partial charge >= 0.3 is 9.15 Å². The third kappa shape index (κ3) is 5.35. The molecule has 0 saturated heterocycles. The molecule has 104 valence electrons. The Bertz CT molecular complexity index is 396. The highest BCUT2D eigenvalue weighted by molar-refractivity contribution is 8.65. The third-order valence-corrected chi connectivity index (χ3v) is 7.16. The molecule has 1 N–H and O–H groups in total. The van der Waals surface area contributed by atoms with Crippen molar-refractivity contribution < 1.29 is 21.4 Å². The molecule has 0 aliphatic carbocycles. The fourth-order valence-electron chi connectivity index (χ4n) is 1.66. The van der Waals surface area contributed by atoms with Crippen LogP contribution in [0.2, 0.25) is 0 Å². The largest absolute Gasteiger partial charge is 0.373 e. The van der Waals surface area contributed by atoms with Crippen molar-refractivity contribution in [2.75, 3.05) is 0 Å². The summed E-state index contributed by atoms with van der Waals surface area (Å²) in [5, 5.41) is -0.969. The molecule has 0 rings (SSSR count). The molecular formula is C10H22O5S2. The van der Waals surface area contributed by atoms with E-state index < -0.39 is 23.3 Å². The molecule has 1 unspecified atom stereocenters. The predicted molar refractivity (Wildman–Crippen MR) is 67.9 cm³/mol. The Hall–Kier alpha value is -0.140. The zero-order valence-corrected chi connectivity index (χ0v) is 12.1. The summed E-state index contributed by atoms with van der Waals surface area (Å²) in [7, 11) is -9.46. The van der Waals surface area contributed by atoms with E-state index in [4.69, 9.17) is 4.55 Å². The third-order valence-electron chi connectivity index (χ3n) is 2.71. The van der Waals surface area contributed by atoms with Gasteiger partial charge in [-0.1, -0.05) is 46.0 Å². The normalized spacial score (nSPS) is 14.8. The van der Waals surface area contributed by atoms with E-state index in [1.165, 1.54) is 0 Å². The van der Waals surface area contributed by atoms with Gasteiger partial charge in [0.1, 0.15) is 0 Å². The second-order valence-corrected chi connectivity index (χ2v) is 9.35. The molecule has 0 spiro atoms. The van der Waals surface area contributed by atoms with Crippen molar-refractivity contribution in [3.05, 3.63) is 0 Å². The van der Waals surface area contributed by atoms with Crippen LogP contribution in [0, 0.1) is 0 Å². The molecule has 0 aliphatic heterocycles. The van der Waals surface area contributed by atoms with Gasteiger partial charge < -0.3 is 0 Å². The van der Waals surface area contributed by atoms with Crippen molar-refractivity contribution in [2.24, 2.45) is 0 Å². The highest BCUT2D eigenvalue weighted by Crippen LogP contribution is 2.21. The van der Waals surface area contributed by atoms with Crippen molar-refractivity contribution in [3.8, 4) is 0 Å². The molecule has 0 radical (unpaired) electrons. The van der Waals surface area contributed by atoms with E-state index in [1.807, 2.05) is 13.8 Å². The van der Waals surface area contributed by atoms with Crippen LogP contribution in [0.5, 0.6) is 0 Å². The van der Waals surface area contributed by atoms with Crippen molar-refractivity contribution in [2.45, 2.75) is 64.0 Å². The van der Waals surface area contributed by atoms with Gasteiger partial charge in [-0.25, -0.2) is 8.42 Å². The topological polar surface area (TPSA) is 88.5 Å². The van der Waals surface area contributed by atoms with E-state index in [0.717, 1.165) is 19.3 Å². The van der Waals surface area contributed by atoms with E-state index in [9.17, 15) is 16.8 Å². The van der Waals surface area contributed by atoms with Gasteiger partial charge in [0.2, 0.25) is 0 Å². The molecule has 0 heterocycles. The Labute approximate surface area is 104 Å². The van der Waals surface area contributed by atoms with Gasteiger partial charge in [-0.15, -0.1) is 0 Å². The molecule has 0 fully saturated rings. The Morgan fingerprint density at radius 1 is 0.882 bits per heavy atom. The first-order valence-electron chi connectivity index (χ1n) is 5.98. The predicted octanol–water partition coefficient (Wildman–Crippen LogP) is 2.34. The summed E-state index contributed by atoms with van der Waals surface area (Å²) in [5.41, 5.74) is 0. The lowest BCUT2D eigenvalue weighted by Gasteiger charge is -2.14. The van der Waals surface area contributed by atoms with Crippen molar-refractivity contribution >= 4 is 18.0 Å². The van der Waals surface area contributed by atoms with E-state index in [-0.39, 0.29) is 0 Å². The van der Waals surface area contributed by atoms with Gasteiger partial charge in [0, 0.05) is 0 Å². The molecule has 0 bridgehead atoms. The van der Waals surface area contributed by atoms with Crippen molar-refractivity contribution in [3.63, 3.8) is 0 Å². The first kappa shape index (κ1) is 16.9. The quantitative estimate of drug-likeness (QED) is 0.399. The minimum atomic E-state index is -5.00. The molecule has 0 aromatic heterocycles. The Balaban J connectivity index is 4.79. The molecule has 5 nitrogen and oxygen atoms in total. The zero-order chi connectivity index (χ0) is 13.5. The number of rotatable bonds is 9. The summed E-state index contributed by atoms with van der Waals surface area (Å²) in [4.78, 5) is 0. The van der Waals surface area contributed by atoms with Crippen LogP contribution < -0.4 is 0 Å². The lowest BCUT2D eigenvalue weighted by atomic mass is 10.1. The Morgan fingerprint density at radius 2 is 1.35 bits per heavy atom. The summed E-state index contributed by atoms with van der Waals surface area (Å²) in [6.45, 7) is 3.89. The zero-order valence-electron chi connectivity index (χ0n) is 10.4. The van der Waals surface area contributed by atoms with Crippen molar-refractivity contribution in [1.29, 1.82) is 0 Å². The SMILES string of the molecule is CCCCCC(CCCC)S(=O)(=O)S(=O)(=O)O. The molecule has 0 amide bonds. The van der Waals surface area contributed by atoms with Gasteiger partial charge in [-0.05, 0) is 12.8 Å². The molecular weight excluding hydrogens is 264 g/mol. The highest BCUT2D eigenvalue weighted by Gasteiger charge is 2.35. The minimum Gasteiger partial charge on any atom is -0.274 e. The Kier molecular flexibility index (Phi) is 7.27. The van der Waals surface area contributed by atoms with Gasteiger partial charge in [-0.2, -0.15) is 8.42 Å². The smallest absolute Gasteiger partial charge is 0.274 e. The molecule has 0 aliphatic rings. The van der Waals surface area contributed by atoms with Crippen LogP contribution in [-0.2, 0) is 18.0 Å². The maximum atomic E-state index is 11.6. The molecule has 17 heavy (non-hydrogen) atoms. The number of hydrogen-bond acceptors (Lipinski definition) is 4. The summed E-state index contributed by atoms with van der Waals surface area (Å²) >= 11 is 0. The Morgan fingerprint density at radius 3 is 1.76 bits per heavy atom. The molecule has 7 heteroatoms. The molecule has 0 saturated carbocycles. The fraction of sp³-hybridized carbons (Fsp3) is 1.00. The van der Waals surface area contributed by atoms with E-state index in [2.05, 4.69) is 0 Å². The van der Waals surface area contributed by atoms with Gasteiger partial charge in [0.25, 0.3) is 8.87 Å². The average Bonchev–Trinajstić information content (AvgIpc) is 2.21. The fourth-order valence-corrected chi connectivity index (χ4v) is 4.52. The monoisotopic (exact) mass is 286 g/mol. The van der Waals surface area contributed by atoms with E-state index in [0.29, 0.717) is 25.7 Å². The van der Waals surface area contributed by atoms with E-state index >= 15 is 0 Å². The molecule has 1 atom stereocenters. The van der Waals surface area contributed by atoms with Crippen molar-refractivity contribution in [1.82, 2.24) is 0 Å². The van der Waals surface area contributed by atoms with Gasteiger partial charge in [0.15, 0.2) is 0 Å². The second-order valence-electron chi connectivity index (χ2n) is 4.18. The minimum absolute atomic E-state index is 0.294. The van der Waals surface area contributed by atoms with Gasteiger partial charge in [0.05, 0.1) is 5.25 Å². The van der Waals surface area contributed by atoms with Crippen LogP contribution in [0.3, 0.4) is 0 Å². The van der Waals surface area contributed by atoms with Crippen LogP contribution in [0.25, 0.3) is 0 Å². The van der Waals surface area contributed by atoms with Crippen LogP contribution in [0.15, 0.2) is 0 Å². The number of unbranched alkanes of at least 4 members (excludes halogenated alkanes) is 3. The summed E-state index contributed by atoms with van der Waals surface area (Å²) < 4.78 is 53.7. The number of hydrogen-bond donors (Lipinski definition) is 1. The second kappa shape index (κ2) is 7.33. The van der Waals surface area contributed by atoms with Crippen LogP contribution in [0.4, 0.5) is 0 Å². The average molecular weight is 286 g/mol. The molecule has 0 aromatic rings. The molecule has 0 aromatic carbocycles. The van der Waals surface area contributed by atoms with Crippen LogP contribution in [0.1, 0.15) is 58.8 Å². The maximum absolute atomic E-state index is 11.6. The first-order valence-corrected chi connectivity index (χ1v) is 9.49. The standard InChI is InChI=1S/C10H22O5S2/c1-3-5-7-9-10(8-6-4-2)16(11,12)17(13,14)15/h10H,3-9H2,1-2H3,(H,13,14,15). The summed E-state index contributed by atoms with van der Waals surface area (Å²) in [6.07, 6.45) is 4.50. The highest BCUT2D eigenvalue weighted by atomic mass is 33.2. The van der Waals surface area contributed by atoms with Crippen LogP contribution in [-0.4, -0.2) is 26.6 Å².